The van der Waals surface area contributed by atoms with Crippen LogP contribution in [0, 0.1) is 5.92 Å². The molecule has 0 bridgehead atoms. The van der Waals surface area contributed by atoms with E-state index in [0.29, 0.717) is 5.92 Å². The van der Waals surface area contributed by atoms with Gasteiger partial charge in [0.15, 0.2) is 0 Å². The van der Waals surface area contributed by atoms with E-state index in [9.17, 15) is 0 Å². The minimum atomic E-state index is 0.362. The van der Waals surface area contributed by atoms with Crippen molar-refractivity contribution >= 4 is 105 Å². The van der Waals surface area contributed by atoms with E-state index < -0.39 is 0 Å². The van der Waals surface area contributed by atoms with Crippen molar-refractivity contribution in [3.63, 3.8) is 0 Å². The molecule has 3 aliphatic rings. The van der Waals surface area contributed by atoms with Gasteiger partial charge in [0.1, 0.15) is 0 Å². The Morgan fingerprint density at radius 3 is 1.44 bits per heavy atom. The molecule has 2 heteroatoms. The van der Waals surface area contributed by atoms with Crippen molar-refractivity contribution in [1.29, 1.82) is 0 Å². The highest BCUT2D eigenvalue weighted by Crippen LogP contribution is 2.50. The molecule has 414 valence electrons. The first kappa shape index (κ1) is 51.4. The van der Waals surface area contributed by atoms with Crippen molar-refractivity contribution in [1.82, 2.24) is 0 Å². The molecule has 3 aliphatic carbocycles. The molecule has 0 aromatic heterocycles. The normalized spacial score (nSPS) is 14.5. The fourth-order valence-electron chi connectivity index (χ4n) is 14.4. The smallest absolute Gasteiger partial charge is 0.0468 e. The molecule has 14 aromatic carbocycles. The van der Waals surface area contributed by atoms with E-state index in [0.717, 1.165) is 53.3 Å². The maximum absolute atomic E-state index is 2.50. The molecular formula is C86H60N2. The maximum Gasteiger partial charge on any atom is 0.0468 e. The summed E-state index contributed by atoms with van der Waals surface area (Å²) >= 11 is 0. The zero-order valence-electron chi connectivity index (χ0n) is 48.7. The number of rotatable bonds is 10. The summed E-state index contributed by atoms with van der Waals surface area (Å²) in [6.07, 6.45) is 19.2. The third-order valence-electron chi connectivity index (χ3n) is 18.7. The Labute approximate surface area is 512 Å². The Balaban J connectivity index is 0.946. The van der Waals surface area contributed by atoms with Crippen molar-refractivity contribution in [2.24, 2.45) is 5.92 Å². The number of benzene rings is 14. The number of allylic oxidation sites excluding steroid dienone is 7. The third-order valence-corrected chi connectivity index (χ3v) is 18.7. The van der Waals surface area contributed by atoms with Crippen molar-refractivity contribution in [3.8, 4) is 33.4 Å². The topological polar surface area (TPSA) is 6.48 Å². The molecule has 0 amide bonds. The summed E-state index contributed by atoms with van der Waals surface area (Å²) in [5.41, 5.74) is 17.9. The molecule has 0 N–H and O–H groups in total. The zero-order chi connectivity index (χ0) is 58.1. The monoisotopic (exact) mass is 1120 g/mol. The first-order chi connectivity index (χ1) is 43.6. The van der Waals surface area contributed by atoms with E-state index in [1.165, 1.54) is 125 Å². The SMILES string of the molecule is C1=CC2=CC(N(c3ccc4ccccc4c3)c3ccc4c(-c5ccc(C6=c7ccccc7=CCC6)cc5)c5cc(N(c6ccc7ccccc7c6)c6ccc7ccccc7c6)ccc5c(-c5ccc(-c6cccc7ccccc67)cc5)c4c3)=CCC2C=C1. The van der Waals surface area contributed by atoms with Crippen LogP contribution < -0.4 is 20.2 Å². The van der Waals surface area contributed by atoms with Gasteiger partial charge in [-0.15, -0.1) is 0 Å². The van der Waals surface area contributed by atoms with Crippen LogP contribution in [0.2, 0.25) is 0 Å². The number of hydrogen-bond acceptors (Lipinski definition) is 2. The summed E-state index contributed by atoms with van der Waals surface area (Å²) in [6, 6.07) is 105. The second-order valence-electron chi connectivity index (χ2n) is 23.8. The van der Waals surface area contributed by atoms with Crippen LogP contribution in [-0.2, 0) is 0 Å². The van der Waals surface area contributed by atoms with Crippen LogP contribution in [0.25, 0.3) is 110 Å². The van der Waals surface area contributed by atoms with E-state index in [-0.39, 0.29) is 0 Å². The fraction of sp³-hybridized carbons (Fsp3) is 0.0465. The Kier molecular flexibility index (Phi) is 12.5. The van der Waals surface area contributed by atoms with Gasteiger partial charge in [-0.05, 0) is 211 Å². The molecule has 0 saturated heterocycles. The van der Waals surface area contributed by atoms with Gasteiger partial charge in [-0.1, -0.05) is 255 Å². The van der Waals surface area contributed by atoms with E-state index in [4.69, 9.17) is 0 Å². The lowest BCUT2D eigenvalue weighted by molar-refractivity contribution is 0.768. The first-order valence-corrected chi connectivity index (χ1v) is 30.9. The summed E-state index contributed by atoms with van der Waals surface area (Å²) in [4.78, 5) is 4.96. The average molecular weight is 1120 g/mol. The molecule has 0 fully saturated rings. The van der Waals surface area contributed by atoms with Gasteiger partial charge in [-0.3, -0.25) is 0 Å². The van der Waals surface area contributed by atoms with Crippen LogP contribution in [0.1, 0.15) is 24.8 Å². The molecule has 0 saturated carbocycles. The lowest BCUT2D eigenvalue weighted by atomic mass is 9.84. The average Bonchev–Trinajstić information content (AvgIpc) is 1.09. The minimum Gasteiger partial charge on any atom is -0.311 e. The van der Waals surface area contributed by atoms with Crippen molar-refractivity contribution in [3.05, 3.63) is 343 Å². The van der Waals surface area contributed by atoms with Crippen molar-refractivity contribution < 1.29 is 0 Å². The highest BCUT2D eigenvalue weighted by atomic mass is 15.2. The van der Waals surface area contributed by atoms with Gasteiger partial charge >= 0.3 is 0 Å². The standard InChI is InChI=1S/C86H60N2/c1-5-21-67-51-71(43-39-57(67)15-1)87(72-44-40-58-16-2-6-22-68(58)52-72)75-47-49-81-83(55-75)85(65-35-31-63(32-36-65)79-29-13-25-61-19-9-11-27-77(61)79)82-50-48-76(56-84(82)86(81)66-37-33-64(34-38-66)80-30-14-26-62-20-10-12-28-78(62)80)88(73-45-41-59-17-3-7-23-69(59)53-73)74-46-42-60-18-4-8-24-70(60)54-74/h1-13,15-29,31-39,41-56,58H,14,30,40H2. The summed E-state index contributed by atoms with van der Waals surface area (Å²) in [5, 5.41) is 17.2. The van der Waals surface area contributed by atoms with Crippen LogP contribution in [-0.4, -0.2) is 0 Å². The molecule has 88 heavy (non-hydrogen) atoms. The number of fused-ring (bicyclic) bond motifs is 8. The minimum absolute atomic E-state index is 0.362. The molecule has 0 aliphatic heterocycles. The molecule has 2 nitrogen and oxygen atoms in total. The zero-order valence-corrected chi connectivity index (χ0v) is 48.7. The van der Waals surface area contributed by atoms with Crippen LogP contribution in [0.4, 0.5) is 28.4 Å². The Morgan fingerprint density at radius 2 is 0.818 bits per heavy atom. The van der Waals surface area contributed by atoms with Gasteiger partial charge in [-0.25, -0.2) is 0 Å². The number of anilines is 5. The summed E-state index contributed by atoms with van der Waals surface area (Å²) in [7, 11) is 0. The van der Waals surface area contributed by atoms with Crippen molar-refractivity contribution in [2.75, 3.05) is 9.80 Å². The first-order valence-electron chi connectivity index (χ1n) is 30.9. The molecular weight excluding hydrogens is 1060 g/mol. The van der Waals surface area contributed by atoms with E-state index in [1.54, 1.807) is 0 Å². The molecule has 0 spiro atoms. The van der Waals surface area contributed by atoms with Crippen LogP contribution in [0.3, 0.4) is 0 Å². The Morgan fingerprint density at radius 1 is 0.330 bits per heavy atom. The molecule has 0 heterocycles. The van der Waals surface area contributed by atoms with Gasteiger partial charge in [0, 0.05) is 40.1 Å². The third kappa shape index (κ3) is 9.04. The largest absolute Gasteiger partial charge is 0.311 e. The van der Waals surface area contributed by atoms with Crippen LogP contribution >= 0.6 is 0 Å². The van der Waals surface area contributed by atoms with E-state index in [2.05, 4.69) is 331 Å². The predicted molar refractivity (Wildman–Crippen MR) is 376 cm³/mol. The molecule has 14 aromatic rings. The molecule has 1 atom stereocenters. The highest BCUT2D eigenvalue weighted by molar-refractivity contribution is 6.23. The Bertz CT molecular complexity index is 5340. The number of nitrogens with zero attached hydrogens (tertiary/aromatic N) is 2. The maximum atomic E-state index is 2.50. The molecule has 17 rings (SSSR count). The Hall–Kier alpha value is -11.1. The fourth-order valence-corrected chi connectivity index (χ4v) is 14.4. The van der Waals surface area contributed by atoms with Gasteiger partial charge in [0.25, 0.3) is 0 Å². The van der Waals surface area contributed by atoms with Gasteiger partial charge < -0.3 is 9.80 Å². The predicted octanol–water partition coefficient (Wildman–Crippen LogP) is 21.9. The second kappa shape index (κ2) is 21.5. The van der Waals surface area contributed by atoms with E-state index >= 15 is 0 Å². The van der Waals surface area contributed by atoms with Gasteiger partial charge in [-0.2, -0.15) is 0 Å². The van der Waals surface area contributed by atoms with Crippen LogP contribution in [0.15, 0.2) is 327 Å². The summed E-state index contributed by atoms with van der Waals surface area (Å²) in [5.74, 6) is 0.362. The highest BCUT2D eigenvalue weighted by Gasteiger charge is 2.26. The van der Waals surface area contributed by atoms with Crippen LogP contribution in [0.5, 0.6) is 0 Å². The summed E-state index contributed by atoms with van der Waals surface area (Å²) < 4.78 is 0. The quantitative estimate of drug-likeness (QED) is 0.126. The summed E-state index contributed by atoms with van der Waals surface area (Å²) in [6.45, 7) is 0. The van der Waals surface area contributed by atoms with Crippen molar-refractivity contribution in [2.45, 2.75) is 19.3 Å². The number of hydrogen-bond donors (Lipinski definition) is 0. The van der Waals surface area contributed by atoms with E-state index in [1.807, 2.05) is 0 Å². The molecule has 1 unspecified atom stereocenters. The van der Waals surface area contributed by atoms with Gasteiger partial charge in [0.05, 0.1) is 0 Å². The molecule has 0 radical (unpaired) electrons. The second-order valence-corrected chi connectivity index (χ2v) is 23.8. The lowest BCUT2D eigenvalue weighted by Gasteiger charge is -2.31. The lowest BCUT2D eigenvalue weighted by Crippen LogP contribution is -2.29. The van der Waals surface area contributed by atoms with Gasteiger partial charge in [0.2, 0.25) is 0 Å².